The van der Waals surface area contributed by atoms with E-state index in [2.05, 4.69) is 0 Å². The molecule has 100 valence electrons. The fourth-order valence-electron chi connectivity index (χ4n) is 2.36. The first-order valence-corrected chi connectivity index (χ1v) is 5.79. The lowest BCUT2D eigenvalue weighted by Crippen LogP contribution is -2.38. The van der Waals surface area contributed by atoms with Gasteiger partial charge in [0.15, 0.2) is 12.1 Å². The summed E-state index contributed by atoms with van der Waals surface area (Å²) in [6.07, 6.45) is -1.88. The van der Waals surface area contributed by atoms with Crippen LogP contribution in [0.25, 0.3) is 0 Å². The minimum absolute atomic E-state index is 0.286. The Morgan fingerprint density at radius 3 is 2.65 bits per heavy atom. The van der Waals surface area contributed by atoms with E-state index in [9.17, 15) is 5.11 Å². The summed E-state index contributed by atoms with van der Waals surface area (Å²) in [4.78, 5) is 0. The molecule has 2 N–H and O–H groups in total. The van der Waals surface area contributed by atoms with Gasteiger partial charge in [-0.1, -0.05) is 0 Å². The SMILES string of the molecule is CO[C@@H]1[C@H]2OC(C)(C)O[C@H]2O[C@@H]1CC(O)CO. The maximum atomic E-state index is 9.43. The zero-order valence-electron chi connectivity index (χ0n) is 10.3. The second-order valence-electron chi connectivity index (χ2n) is 4.92. The largest absolute Gasteiger partial charge is 0.394 e. The Balaban J connectivity index is 2.00. The summed E-state index contributed by atoms with van der Waals surface area (Å²) in [5.41, 5.74) is 0. The molecule has 5 atom stereocenters. The maximum Gasteiger partial charge on any atom is 0.190 e. The van der Waals surface area contributed by atoms with E-state index < -0.39 is 18.2 Å². The molecule has 17 heavy (non-hydrogen) atoms. The molecule has 2 saturated heterocycles. The van der Waals surface area contributed by atoms with Gasteiger partial charge in [0.1, 0.15) is 12.2 Å². The van der Waals surface area contributed by atoms with E-state index in [1.54, 1.807) is 7.11 Å². The van der Waals surface area contributed by atoms with Crippen molar-refractivity contribution in [3.63, 3.8) is 0 Å². The molecule has 2 rings (SSSR count). The molecule has 2 fully saturated rings. The van der Waals surface area contributed by atoms with Crippen LogP contribution in [0.2, 0.25) is 0 Å². The van der Waals surface area contributed by atoms with Crippen molar-refractivity contribution in [1.82, 2.24) is 0 Å². The lowest BCUT2D eigenvalue weighted by Gasteiger charge is -2.25. The molecule has 0 aromatic heterocycles. The summed E-state index contributed by atoms with van der Waals surface area (Å²) in [5.74, 6) is -0.674. The lowest BCUT2D eigenvalue weighted by atomic mass is 10.0. The number of rotatable bonds is 4. The average molecular weight is 248 g/mol. The summed E-state index contributed by atoms with van der Waals surface area (Å²) >= 11 is 0. The molecule has 0 saturated carbocycles. The first-order valence-electron chi connectivity index (χ1n) is 5.79. The van der Waals surface area contributed by atoms with E-state index in [0.29, 0.717) is 6.42 Å². The van der Waals surface area contributed by atoms with Crippen molar-refractivity contribution in [3.8, 4) is 0 Å². The van der Waals surface area contributed by atoms with E-state index in [0.717, 1.165) is 0 Å². The smallest absolute Gasteiger partial charge is 0.190 e. The highest BCUT2D eigenvalue weighted by Crippen LogP contribution is 2.39. The van der Waals surface area contributed by atoms with E-state index in [1.807, 2.05) is 13.8 Å². The fraction of sp³-hybridized carbons (Fsp3) is 1.00. The van der Waals surface area contributed by atoms with Crippen molar-refractivity contribution in [3.05, 3.63) is 0 Å². The molecular weight excluding hydrogens is 228 g/mol. The summed E-state index contributed by atoms with van der Waals surface area (Å²) in [6, 6.07) is 0. The van der Waals surface area contributed by atoms with Crippen LogP contribution >= 0.6 is 0 Å². The third kappa shape index (κ3) is 2.62. The molecule has 0 aromatic rings. The van der Waals surface area contributed by atoms with Crippen molar-refractivity contribution >= 4 is 0 Å². The molecule has 0 amide bonds. The molecular formula is C11H20O6. The van der Waals surface area contributed by atoms with Gasteiger partial charge in [0.2, 0.25) is 0 Å². The number of aliphatic hydroxyl groups is 2. The standard InChI is InChI=1S/C11H20O6/c1-11(2)16-9-8(14-3)7(4-6(13)5-12)15-10(9)17-11/h6-10,12-13H,4-5H2,1-3H3/t6?,7-,8+,9-,10-/m1/s1. The van der Waals surface area contributed by atoms with Gasteiger partial charge in [-0.05, 0) is 13.8 Å². The normalized spacial score (nSPS) is 41.5. The highest BCUT2D eigenvalue weighted by molar-refractivity contribution is 4.94. The van der Waals surface area contributed by atoms with Gasteiger partial charge in [-0.25, -0.2) is 0 Å². The second kappa shape index (κ2) is 4.79. The Morgan fingerprint density at radius 2 is 2.06 bits per heavy atom. The van der Waals surface area contributed by atoms with Crippen LogP contribution < -0.4 is 0 Å². The van der Waals surface area contributed by atoms with Crippen LogP contribution in [0.15, 0.2) is 0 Å². The first kappa shape index (κ1) is 13.2. The molecule has 6 nitrogen and oxygen atoms in total. The number of methoxy groups -OCH3 is 1. The van der Waals surface area contributed by atoms with Crippen LogP contribution in [-0.2, 0) is 18.9 Å². The fourth-order valence-corrected chi connectivity index (χ4v) is 2.36. The van der Waals surface area contributed by atoms with Gasteiger partial charge in [0.05, 0.1) is 18.8 Å². The molecule has 0 radical (unpaired) electrons. The average Bonchev–Trinajstić information content (AvgIpc) is 2.68. The molecule has 2 aliphatic heterocycles. The number of ether oxygens (including phenoxy) is 4. The molecule has 0 aromatic carbocycles. The zero-order chi connectivity index (χ0) is 12.6. The van der Waals surface area contributed by atoms with Crippen molar-refractivity contribution in [1.29, 1.82) is 0 Å². The Kier molecular flexibility index (Phi) is 3.72. The minimum atomic E-state index is -0.815. The molecule has 6 heteroatoms. The van der Waals surface area contributed by atoms with Crippen molar-refractivity contribution in [2.24, 2.45) is 0 Å². The molecule has 0 aliphatic carbocycles. The molecule has 0 bridgehead atoms. The van der Waals surface area contributed by atoms with Gasteiger partial charge in [0, 0.05) is 13.5 Å². The van der Waals surface area contributed by atoms with Crippen molar-refractivity contribution in [2.45, 2.75) is 56.8 Å². The summed E-state index contributed by atoms with van der Waals surface area (Å²) in [5, 5.41) is 18.3. The molecule has 2 heterocycles. The van der Waals surface area contributed by atoms with Crippen LogP contribution in [0, 0.1) is 0 Å². The van der Waals surface area contributed by atoms with E-state index in [4.69, 9.17) is 24.1 Å². The Hall–Kier alpha value is -0.240. The summed E-state index contributed by atoms with van der Waals surface area (Å²) in [6.45, 7) is 3.34. The number of fused-ring (bicyclic) bond motifs is 1. The van der Waals surface area contributed by atoms with Crippen molar-refractivity contribution < 1.29 is 29.2 Å². The maximum absolute atomic E-state index is 9.43. The highest BCUT2D eigenvalue weighted by Gasteiger charge is 2.55. The van der Waals surface area contributed by atoms with Gasteiger partial charge in [-0.15, -0.1) is 0 Å². The van der Waals surface area contributed by atoms with E-state index >= 15 is 0 Å². The van der Waals surface area contributed by atoms with E-state index in [1.165, 1.54) is 0 Å². The third-order valence-electron chi connectivity index (χ3n) is 3.07. The van der Waals surface area contributed by atoms with Crippen LogP contribution in [-0.4, -0.2) is 60.4 Å². The predicted octanol–water partition coefficient (Wildman–Crippen LogP) is -0.379. The van der Waals surface area contributed by atoms with Gasteiger partial charge in [-0.2, -0.15) is 0 Å². The molecule has 0 spiro atoms. The minimum Gasteiger partial charge on any atom is -0.394 e. The van der Waals surface area contributed by atoms with E-state index in [-0.39, 0.29) is 24.9 Å². The van der Waals surface area contributed by atoms with Gasteiger partial charge < -0.3 is 29.2 Å². The number of hydrogen-bond donors (Lipinski definition) is 2. The van der Waals surface area contributed by atoms with Gasteiger partial charge >= 0.3 is 0 Å². The molecule has 2 aliphatic rings. The number of aliphatic hydroxyl groups excluding tert-OH is 2. The summed E-state index contributed by atoms with van der Waals surface area (Å²) < 4.78 is 22.3. The topological polar surface area (TPSA) is 77.4 Å². The van der Waals surface area contributed by atoms with Gasteiger partial charge in [-0.3, -0.25) is 0 Å². The Morgan fingerprint density at radius 1 is 1.35 bits per heavy atom. The van der Waals surface area contributed by atoms with Crippen LogP contribution in [0.4, 0.5) is 0 Å². The molecule has 1 unspecified atom stereocenters. The van der Waals surface area contributed by atoms with Crippen LogP contribution in [0.1, 0.15) is 20.3 Å². The Labute approximate surface area is 100 Å². The van der Waals surface area contributed by atoms with Crippen LogP contribution in [0.3, 0.4) is 0 Å². The highest BCUT2D eigenvalue weighted by atomic mass is 16.8. The Bertz CT molecular complexity index is 269. The second-order valence-corrected chi connectivity index (χ2v) is 4.92. The lowest BCUT2D eigenvalue weighted by molar-refractivity contribution is -0.219. The number of hydrogen-bond acceptors (Lipinski definition) is 6. The monoisotopic (exact) mass is 248 g/mol. The van der Waals surface area contributed by atoms with Crippen molar-refractivity contribution in [2.75, 3.05) is 13.7 Å². The predicted molar refractivity (Wildman–Crippen MR) is 57.2 cm³/mol. The summed E-state index contributed by atoms with van der Waals surface area (Å²) in [7, 11) is 1.57. The van der Waals surface area contributed by atoms with Crippen LogP contribution in [0.5, 0.6) is 0 Å². The zero-order valence-corrected chi connectivity index (χ0v) is 10.3. The first-order chi connectivity index (χ1) is 7.96. The van der Waals surface area contributed by atoms with Gasteiger partial charge in [0.25, 0.3) is 0 Å². The third-order valence-corrected chi connectivity index (χ3v) is 3.07. The quantitative estimate of drug-likeness (QED) is 0.706.